The van der Waals surface area contributed by atoms with Crippen molar-refractivity contribution in [1.82, 2.24) is 4.90 Å². The average molecular weight is 201 g/mol. The second-order valence-electron chi connectivity index (χ2n) is 4.15. The Kier molecular flexibility index (Phi) is 6.15. The molecule has 0 aliphatic carbocycles. The Morgan fingerprint density at radius 3 is 2.86 bits per heavy atom. The minimum Gasteiger partial charge on any atom is -0.382 e. The van der Waals surface area contributed by atoms with Crippen LogP contribution in [0.15, 0.2) is 0 Å². The van der Waals surface area contributed by atoms with Crippen LogP contribution >= 0.6 is 0 Å². The van der Waals surface area contributed by atoms with Gasteiger partial charge in [0.1, 0.15) is 0 Å². The fraction of sp³-hybridized carbons (Fsp3) is 1.00. The predicted molar refractivity (Wildman–Crippen MR) is 57.5 cm³/mol. The van der Waals surface area contributed by atoms with Crippen molar-refractivity contribution in [2.75, 3.05) is 46.6 Å². The van der Waals surface area contributed by atoms with Crippen molar-refractivity contribution in [3.8, 4) is 0 Å². The van der Waals surface area contributed by atoms with Crippen molar-refractivity contribution in [2.24, 2.45) is 5.92 Å². The molecule has 1 aliphatic heterocycles. The minimum absolute atomic E-state index is 0.705. The van der Waals surface area contributed by atoms with E-state index in [-0.39, 0.29) is 0 Å². The van der Waals surface area contributed by atoms with E-state index in [0.717, 1.165) is 25.7 Å². The van der Waals surface area contributed by atoms with Gasteiger partial charge in [0.15, 0.2) is 0 Å². The molecular weight excluding hydrogens is 178 g/mol. The highest BCUT2D eigenvalue weighted by molar-refractivity contribution is 4.69. The van der Waals surface area contributed by atoms with Gasteiger partial charge in [0, 0.05) is 20.2 Å². The normalized spacial score (nSPS) is 24.0. The van der Waals surface area contributed by atoms with Crippen molar-refractivity contribution in [1.29, 1.82) is 0 Å². The number of rotatable bonds is 6. The van der Waals surface area contributed by atoms with Crippen molar-refractivity contribution in [3.63, 3.8) is 0 Å². The summed E-state index contributed by atoms with van der Waals surface area (Å²) in [4.78, 5) is 2.50. The van der Waals surface area contributed by atoms with Gasteiger partial charge in [-0.25, -0.2) is 0 Å². The fourth-order valence-corrected chi connectivity index (χ4v) is 1.93. The Bertz CT molecular complexity index is 141. The first-order valence-electron chi connectivity index (χ1n) is 5.62. The molecule has 1 aliphatic rings. The number of nitrogens with zero attached hydrogens (tertiary/aromatic N) is 1. The predicted octanol–water partition coefficient (Wildman–Crippen LogP) is 1.38. The maximum atomic E-state index is 5.45. The van der Waals surface area contributed by atoms with E-state index in [2.05, 4.69) is 11.8 Å². The quantitative estimate of drug-likeness (QED) is 0.606. The zero-order chi connectivity index (χ0) is 10.2. The second kappa shape index (κ2) is 7.21. The summed E-state index contributed by atoms with van der Waals surface area (Å²) in [7, 11) is 1.70. The van der Waals surface area contributed by atoms with E-state index >= 15 is 0 Å². The topological polar surface area (TPSA) is 21.7 Å². The van der Waals surface area contributed by atoms with Gasteiger partial charge in [-0.2, -0.15) is 0 Å². The molecule has 1 atom stereocenters. The maximum absolute atomic E-state index is 5.45. The Morgan fingerprint density at radius 2 is 2.14 bits per heavy atom. The third kappa shape index (κ3) is 4.94. The Labute approximate surface area is 87.4 Å². The van der Waals surface area contributed by atoms with E-state index in [1.165, 1.54) is 25.9 Å². The highest BCUT2D eigenvalue weighted by Crippen LogP contribution is 2.14. The molecule has 0 unspecified atom stereocenters. The van der Waals surface area contributed by atoms with Crippen LogP contribution in [0.5, 0.6) is 0 Å². The lowest BCUT2D eigenvalue weighted by atomic mass is 10.0. The molecule has 0 spiro atoms. The van der Waals surface area contributed by atoms with Crippen LogP contribution in [0.1, 0.15) is 19.8 Å². The van der Waals surface area contributed by atoms with Crippen LogP contribution in [0.3, 0.4) is 0 Å². The monoisotopic (exact) mass is 201 g/mol. The molecule has 0 amide bonds. The molecule has 0 aromatic carbocycles. The zero-order valence-corrected chi connectivity index (χ0v) is 9.50. The average Bonchev–Trinajstić information content (AvgIpc) is 2.18. The summed E-state index contributed by atoms with van der Waals surface area (Å²) in [5.41, 5.74) is 0. The number of piperidine rings is 1. The van der Waals surface area contributed by atoms with Gasteiger partial charge in [0.2, 0.25) is 0 Å². The number of methoxy groups -OCH3 is 1. The molecule has 14 heavy (non-hydrogen) atoms. The molecule has 0 bridgehead atoms. The maximum Gasteiger partial charge on any atom is 0.0700 e. The molecule has 1 saturated heterocycles. The van der Waals surface area contributed by atoms with Gasteiger partial charge in [-0.05, 0) is 25.3 Å². The number of hydrogen-bond donors (Lipinski definition) is 0. The van der Waals surface area contributed by atoms with Crippen LogP contribution in [-0.2, 0) is 9.47 Å². The van der Waals surface area contributed by atoms with Crippen LogP contribution < -0.4 is 0 Å². The van der Waals surface area contributed by atoms with Gasteiger partial charge in [0.25, 0.3) is 0 Å². The molecule has 1 fully saturated rings. The van der Waals surface area contributed by atoms with Gasteiger partial charge in [-0.1, -0.05) is 6.92 Å². The lowest BCUT2D eigenvalue weighted by Crippen LogP contribution is -2.36. The highest BCUT2D eigenvalue weighted by Gasteiger charge is 2.15. The Balaban J connectivity index is 1.95. The molecule has 3 nitrogen and oxygen atoms in total. The zero-order valence-electron chi connectivity index (χ0n) is 9.50. The van der Waals surface area contributed by atoms with Crippen LogP contribution in [-0.4, -0.2) is 51.5 Å². The number of likely N-dealkylation sites (tertiary alicyclic amines) is 1. The summed E-state index contributed by atoms with van der Waals surface area (Å²) >= 11 is 0. The Morgan fingerprint density at radius 1 is 1.29 bits per heavy atom. The Hall–Kier alpha value is -0.120. The number of hydrogen-bond acceptors (Lipinski definition) is 3. The molecule has 0 aromatic heterocycles. The van der Waals surface area contributed by atoms with E-state index < -0.39 is 0 Å². The van der Waals surface area contributed by atoms with Crippen molar-refractivity contribution >= 4 is 0 Å². The molecule has 0 N–H and O–H groups in total. The SMILES string of the molecule is COCCOCCN1CCC[C@@H](C)C1. The number of ether oxygens (including phenoxy) is 2. The molecule has 1 heterocycles. The minimum atomic E-state index is 0.705. The van der Waals surface area contributed by atoms with Crippen LogP contribution in [0.25, 0.3) is 0 Å². The van der Waals surface area contributed by atoms with Crippen LogP contribution in [0.4, 0.5) is 0 Å². The summed E-state index contributed by atoms with van der Waals surface area (Å²) in [6.45, 7) is 8.17. The van der Waals surface area contributed by atoms with Gasteiger partial charge in [0.05, 0.1) is 19.8 Å². The standard InChI is InChI=1S/C11H23NO2/c1-11-4-3-5-12(10-11)6-7-14-9-8-13-2/h11H,3-10H2,1-2H3/t11-/m1/s1. The first-order valence-corrected chi connectivity index (χ1v) is 5.62. The summed E-state index contributed by atoms with van der Waals surface area (Å²) < 4.78 is 10.4. The molecule has 0 radical (unpaired) electrons. The second-order valence-corrected chi connectivity index (χ2v) is 4.15. The molecule has 0 aromatic rings. The lowest BCUT2D eigenvalue weighted by Gasteiger charge is -2.30. The smallest absolute Gasteiger partial charge is 0.0700 e. The summed E-state index contributed by atoms with van der Waals surface area (Å²) in [6.07, 6.45) is 2.74. The van der Waals surface area contributed by atoms with E-state index in [4.69, 9.17) is 9.47 Å². The van der Waals surface area contributed by atoms with E-state index in [9.17, 15) is 0 Å². The summed E-state index contributed by atoms with van der Waals surface area (Å²) in [5.74, 6) is 0.864. The molecule has 3 heteroatoms. The van der Waals surface area contributed by atoms with E-state index in [1.807, 2.05) is 0 Å². The van der Waals surface area contributed by atoms with Gasteiger partial charge in [-0.3, -0.25) is 0 Å². The van der Waals surface area contributed by atoms with Gasteiger partial charge < -0.3 is 14.4 Å². The third-order valence-corrected chi connectivity index (χ3v) is 2.72. The molecule has 1 rings (SSSR count). The van der Waals surface area contributed by atoms with Crippen LogP contribution in [0, 0.1) is 5.92 Å². The first kappa shape index (κ1) is 12.0. The first-order chi connectivity index (χ1) is 6.83. The molecular formula is C11H23NO2. The van der Waals surface area contributed by atoms with Crippen LogP contribution in [0.2, 0.25) is 0 Å². The van der Waals surface area contributed by atoms with E-state index in [0.29, 0.717) is 6.61 Å². The molecule has 84 valence electrons. The summed E-state index contributed by atoms with van der Waals surface area (Å²) in [5, 5.41) is 0. The molecule has 0 saturated carbocycles. The summed E-state index contributed by atoms with van der Waals surface area (Å²) in [6, 6.07) is 0. The van der Waals surface area contributed by atoms with Crippen molar-refractivity contribution < 1.29 is 9.47 Å². The third-order valence-electron chi connectivity index (χ3n) is 2.72. The highest BCUT2D eigenvalue weighted by atomic mass is 16.5. The van der Waals surface area contributed by atoms with Crippen molar-refractivity contribution in [2.45, 2.75) is 19.8 Å². The van der Waals surface area contributed by atoms with Gasteiger partial charge >= 0.3 is 0 Å². The van der Waals surface area contributed by atoms with E-state index in [1.54, 1.807) is 7.11 Å². The largest absolute Gasteiger partial charge is 0.382 e. The lowest BCUT2D eigenvalue weighted by molar-refractivity contribution is 0.0503. The van der Waals surface area contributed by atoms with Crippen molar-refractivity contribution in [3.05, 3.63) is 0 Å². The fourth-order valence-electron chi connectivity index (χ4n) is 1.93. The van der Waals surface area contributed by atoms with Gasteiger partial charge in [-0.15, -0.1) is 0 Å².